The zero-order valence-electron chi connectivity index (χ0n) is 19.3. The van der Waals surface area contributed by atoms with Crippen molar-refractivity contribution in [3.8, 4) is 0 Å². The second-order valence-corrected chi connectivity index (χ2v) is 9.31. The lowest BCUT2D eigenvalue weighted by molar-refractivity contribution is -0.192. The number of alkyl carbamates (subject to hydrolysis) is 1. The SMILES string of the molecule is Cc1cc(C(F)(F)F)nc(Cl)c1C(=O)N1CCC(C)(NC(=O)OC(C)(C)C)C1.O=C(O)C(F)(F)F. The molecule has 1 aliphatic heterocycles. The van der Waals surface area contributed by atoms with E-state index in [4.69, 9.17) is 26.2 Å². The highest BCUT2D eigenvalue weighted by molar-refractivity contribution is 6.32. The lowest BCUT2D eigenvalue weighted by Gasteiger charge is -2.28. The number of alkyl halides is 6. The van der Waals surface area contributed by atoms with Crippen LogP contribution >= 0.6 is 11.6 Å². The first-order chi connectivity index (χ1) is 15.6. The van der Waals surface area contributed by atoms with Gasteiger partial charge in [0.2, 0.25) is 0 Å². The van der Waals surface area contributed by atoms with E-state index in [0.29, 0.717) is 13.0 Å². The van der Waals surface area contributed by atoms with Crippen LogP contribution in [0.5, 0.6) is 0 Å². The highest BCUT2D eigenvalue weighted by Gasteiger charge is 2.40. The van der Waals surface area contributed by atoms with Crippen LogP contribution in [0.4, 0.5) is 31.1 Å². The molecule has 0 saturated carbocycles. The Balaban J connectivity index is 0.000000762. The van der Waals surface area contributed by atoms with E-state index in [1.807, 2.05) is 0 Å². The molecule has 1 atom stereocenters. The Labute approximate surface area is 201 Å². The number of carbonyl (C=O) groups is 3. The Morgan fingerprint density at radius 2 is 1.69 bits per heavy atom. The number of hydrogen-bond donors (Lipinski definition) is 2. The molecule has 1 saturated heterocycles. The van der Waals surface area contributed by atoms with Gasteiger partial charge in [0, 0.05) is 13.1 Å². The molecule has 2 N–H and O–H groups in total. The Bertz CT molecular complexity index is 954. The zero-order chi connectivity index (χ0) is 27.6. The molecule has 0 radical (unpaired) electrons. The van der Waals surface area contributed by atoms with Gasteiger partial charge in [-0.15, -0.1) is 0 Å². The van der Waals surface area contributed by atoms with Gasteiger partial charge < -0.3 is 20.1 Å². The summed E-state index contributed by atoms with van der Waals surface area (Å²) in [6.45, 7) is 8.84. The van der Waals surface area contributed by atoms with Crippen molar-refractivity contribution in [2.24, 2.45) is 0 Å². The molecule has 0 bridgehead atoms. The summed E-state index contributed by atoms with van der Waals surface area (Å²) in [4.78, 5) is 38.5. The van der Waals surface area contributed by atoms with Crippen molar-refractivity contribution in [3.63, 3.8) is 0 Å². The number of carboxylic acids is 1. The summed E-state index contributed by atoms with van der Waals surface area (Å²) < 4.78 is 75.5. The van der Waals surface area contributed by atoms with Gasteiger partial charge in [0.25, 0.3) is 5.91 Å². The minimum atomic E-state index is -5.08. The molecule has 1 aromatic rings. The molecule has 1 unspecified atom stereocenters. The van der Waals surface area contributed by atoms with Crippen LogP contribution in [0.3, 0.4) is 0 Å². The van der Waals surface area contributed by atoms with Crippen molar-refractivity contribution in [3.05, 3.63) is 28.0 Å². The number of hydrogen-bond acceptors (Lipinski definition) is 5. The highest BCUT2D eigenvalue weighted by Crippen LogP contribution is 2.32. The fourth-order valence-electron chi connectivity index (χ4n) is 2.98. The quantitative estimate of drug-likeness (QED) is 0.415. The van der Waals surface area contributed by atoms with Crippen molar-refractivity contribution < 1.29 is 50.6 Å². The molecule has 2 heterocycles. The zero-order valence-corrected chi connectivity index (χ0v) is 20.1. The first-order valence-corrected chi connectivity index (χ1v) is 10.3. The third-order valence-corrected chi connectivity index (χ3v) is 4.76. The van der Waals surface area contributed by atoms with Crippen molar-refractivity contribution in [1.82, 2.24) is 15.2 Å². The van der Waals surface area contributed by atoms with Gasteiger partial charge in [-0.05, 0) is 52.7 Å². The van der Waals surface area contributed by atoms with Gasteiger partial charge in [-0.1, -0.05) is 11.6 Å². The lowest BCUT2D eigenvalue weighted by Crippen LogP contribution is -2.50. The van der Waals surface area contributed by atoms with E-state index in [2.05, 4.69) is 10.3 Å². The number of aliphatic carboxylic acids is 1. The molecular weight excluding hydrogens is 512 g/mol. The van der Waals surface area contributed by atoms with Gasteiger partial charge in [0.15, 0.2) is 0 Å². The smallest absolute Gasteiger partial charge is 0.475 e. The first-order valence-electron chi connectivity index (χ1n) is 9.90. The minimum Gasteiger partial charge on any atom is -0.475 e. The van der Waals surface area contributed by atoms with Crippen LogP contribution in [0.1, 0.15) is 55.7 Å². The molecule has 15 heteroatoms. The van der Waals surface area contributed by atoms with E-state index in [-0.39, 0.29) is 17.7 Å². The number of aromatic nitrogens is 1. The Hall–Kier alpha value is -2.77. The second-order valence-electron chi connectivity index (χ2n) is 8.96. The number of amides is 2. The normalized spacial score (nSPS) is 18.5. The number of carbonyl (C=O) groups excluding carboxylic acids is 2. The molecule has 0 aliphatic carbocycles. The summed E-state index contributed by atoms with van der Waals surface area (Å²) in [5, 5.41) is 9.38. The third kappa shape index (κ3) is 9.07. The topological polar surface area (TPSA) is 109 Å². The number of carboxylic acid groups (broad SMARTS) is 1. The summed E-state index contributed by atoms with van der Waals surface area (Å²) in [6, 6.07) is 0.799. The molecule has 1 aromatic heterocycles. The minimum absolute atomic E-state index is 0.0730. The van der Waals surface area contributed by atoms with Crippen LogP contribution in [-0.2, 0) is 15.7 Å². The number of rotatable bonds is 2. The van der Waals surface area contributed by atoms with Gasteiger partial charge in [0.05, 0.1) is 11.1 Å². The summed E-state index contributed by atoms with van der Waals surface area (Å²) in [5.74, 6) is -3.29. The summed E-state index contributed by atoms with van der Waals surface area (Å²) in [7, 11) is 0. The van der Waals surface area contributed by atoms with Crippen molar-refractivity contribution in [2.75, 3.05) is 13.1 Å². The number of likely N-dealkylation sites (tertiary alicyclic amines) is 1. The number of aryl methyl sites for hydroxylation is 1. The van der Waals surface area contributed by atoms with Gasteiger partial charge in [-0.3, -0.25) is 4.79 Å². The van der Waals surface area contributed by atoms with Crippen molar-refractivity contribution in [1.29, 1.82) is 0 Å². The van der Waals surface area contributed by atoms with Crippen LogP contribution in [0, 0.1) is 6.92 Å². The molecule has 0 spiro atoms. The van der Waals surface area contributed by atoms with Gasteiger partial charge in [0.1, 0.15) is 16.4 Å². The fourth-order valence-corrected chi connectivity index (χ4v) is 3.30. The maximum absolute atomic E-state index is 12.9. The predicted octanol–water partition coefficient (Wildman–Crippen LogP) is 4.82. The average Bonchev–Trinajstić information content (AvgIpc) is 2.99. The molecule has 8 nitrogen and oxygen atoms in total. The van der Waals surface area contributed by atoms with Crippen LogP contribution in [0.15, 0.2) is 6.07 Å². The molecule has 2 amide bonds. The largest absolute Gasteiger partial charge is 0.490 e. The number of halogens is 7. The van der Waals surface area contributed by atoms with Gasteiger partial charge in [-0.2, -0.15) is 26.3 Å². The van der Waals surface area contributed by atoms with Crippen molar-refractivity contribution >= 4 is 29.6 Å². The fraction of sp³-hybridized carbons (Fsp3) is 0.600. The Kier molecular flexibility index (Phi) is 9.05. The lowest BCUT2D eigenvalue weighted by atomic mass is 10.0. The number of ether oxygens (including phenoxy) is 1. The van der Waals surface area contributed by atoms with Gasteiger partial charge >= 0.3 is 24.4 Å². The number of nitrogens with zero attached hydrogens (tertiary/aromatic N) is 2. The first kappa shape index (κ1) is 30.3. The van der Waals surface area contributed by atoms with E-state index < -0.39 is 52.3 Å². The Morgan fingerprint density at radius 3 is 2.09 bits per heavy atom. The van der Waals surface area contributed by atoms with Crippen LogP contribution in [0.2, 0.25) is 5.15 Å². The van der Waals surface area contributed by atoms with Crippen LogP contribution < -0.4 is 5.32 Å². The Morgan fingerprint density at radius 1 is 1.17 bits per heavy atom. The number of pyridine rings is 1. The number of nitrogens with one attached hydrogen (secondary N) is 1. The average molecular weight is 536 g/mol. The maximum atomic E-state index is 12.9. The van der Waals surface area contributed by atoms with Crippen LogP contribution in [-0.4, -0.2) is 63.4 Å². The molecular formula is C20H24ClF6N3O5. The molecule has 198 valence electrons. The van der Waals surface area contributed by atoms with E-state index in [9.17, 15) is 35.9 Å². The van der Waals surface area contributed by atoms with Crippen LogP contribution in [0.25, 0.3) is 0 Å². The van der Waals surface area contributed by atoms with Gasteiger partial charge in [-0.25, -0.2) is 14.6 Å². The van der Waals surface area contributed by atoms with E-state index >= 15 is 0 Å². The molecule has 1 aliphatic rings. The van der Waals surface area contributed by atoms with Crippen molar-refractivity contribution in [2.45, 2.75) is 64.5 Å². The van der Waals surface area contributed by atoms with E-state index in [1.54, 1.807) is 27.7 Å². The maximum Gasteiger partial charge on any atom is 0.490 e. The van der Waals surface area contributed by atoms with E-state index in [1.165, 1.54) is 11.8 Å². The monoisotopic (exact) mass is 535 g/mol. The highest BCUT2D eigenvalue weighted by atomic mass is 35.5. The summed E-state index contributed by atoms with van der Waals surface area (Å²) in [6.07, 6.45) is -9.88. The third-order valence-electron chi connectivity index (χ3n) is 4.48. The molecule has 0 aromatic carbocycles. The van der Waals surface area contributed by atoms with E-state index in [0.717, 1.165) is 6.07 Å². The summed E-state index contributed by atoms with van der Waals surface area (Å²) in [5.41, 5.74) is -2.52. The molecule has 1 fully saturated rings. The predicted molar refractivity (Wildman–Crippen MR) is 111 cm³/mol. The standard InChI is InChI=1S/C18H23ClF3N3O3.C2HF3O2/c1-10-8-11(18(20,21)22)23-13(19)12(10)14(26)25-7-6-17(5,9-25)24-15(27)28-16(2,3)4;3-2(4,5)1(6)7/h8H,6-7,9H2,1-5H3,(H,24,27);(H,6,7). The molecule has 35 heavy (non-hydrogen) atoms. The second kappa shape index (κ2) is 10.5. The molecule has 2 rings (SSSR count). The summed E-state index contributed by atoms with van der Waals surface area (Å²) >= 11 is 5.89.